The van der Waals surface area contributed by atoms with Crippen LogP contribution in [-0.4, -0.2) is 0 Å². The predicted molar refractivity (Wildman–Crippen MR) is 77.2 cm³/mol. The Kier molecular flexibility index (Phi) is 6.36. The van der Waals surface area contributed by atoms with Crippen molar-refractivity contribution in [3.05, 3.63) is 84.5 Å². The quantitative estimate of drug-likeness (QED) is 0.452. The molecule has 0 N–H and O–H groups in total. The van der Waals surface area contributed by atoms with Gasteiger partial charge >= 0.3 is 17.4 Å². The van der Waals surface area contributed by atoms with Gasteiger partial charge in [-0.15, -0.1) is 5.56 Å². The van der Waals surface area contributed by atoms with Crippen LogP contribution < -0.4 is 0 Å². The fraction of sp³-hybridized carbons (Fsp3) is 0.111. The summed E-state index contributed by atoms with van der Waals surface area (Å²) in [5.41, 5.74) is 5.51. The van der Waals surface area contributed by atoms with Gasteiger partial charge in [0.15, 0.2) is 0 Å². The average Bonchev–Trinajstić information content (AvgIpc) is 2.79. The zero-order valence-corrected chi connectivity index (χ0v) is 12.2. The van der Waals surface area contributed by atoms with Crippen LogP contribution in [0.2, 0.25) is 0 Å². The Labute approximate surface area is 126 Å². The fourth-order valence-electron chi connectivity index (χ4n) is 2.11. The Balaban J connectivity index is 0.000000265. The Morgan fingerprint density at radius 1 is 1.11 bits per heavy atom. The van der Waals surface area contributed by atoms with Gasteiger partial charge in [-0.3, -0.25) is 6.58 Å². The molecule has 1 aliphatic carbocycles. The van der Waals surface area contributed by atoms with E-state index in [4.69, 9.17) is 6.58 Å². The van der Waals surface area contributed by atoms with Crippen molar-refractivity contribution in [1.29, 1.82) is 0 Å². The Morgan fingerprint density at radius 3 is 2.53 bits per heavy atom. The maximum atomic E-state index is 4.93. The molecule has 0 radical (unpaired) electrons. The van der Waals surface area contributed by atoms with E-state index in [0.29, 0.717) is 0 Å². The van der Waals surface area contributed by atoms with Gasteiger partial charge in [0.25, 0.3) is 0 Å². The molecule has 0 amide bonds. The molecule has 0 unspecified atom stereocenters. The molecule has 0 heterocycles. The summed E-state index contributed by atoms with van der Waals surface area (Å²) in [5, 5.41) is 0. The number of allylic oxidation sites excluding steroid dienone is 3. The van der Waals surface area contributed by atoms with Crippen molar-refractivity contribution in [3.8, 4) is 11.1 Å². The molecule has 0 fully saturated rings. The summed E-state index contributed by atoms with van der Waals surface area (Å²) in [6.45, 7) is 6.85. The molecular weight excluding hydrogens is 268 g/mol. The molecule has 1 aliphatic rings. The maximum absolute atomic E-state index is 4.93. The predicted octanol–water partition coefficient (Wildman–Crippen LogP) is 4.61. The Bertz CT molecular complexity index is 524. The first-order valence-electron chi connectivity index (χ1n) is 6.11. The molecule has 0 atom stereocenters. The zero-order valence-electron chi connectivity index (χ0n) is 11.0. The van der Waals surface area contributed by atoms with Crippen LogP contribution >= 0.6 is 0 Å². The summed E-state index contributed by atoms with van der Waals surface area (Å²) in [7, 11) is 0. The fourth-order valence-corrected chi connectivity index (χ4v) is 2.11. The minimum Gasteiger partial charge on any atom is -0.293 e. The minimum absolute atomic E-state index is 0. The third-order valence-corrected chi connectivity index (χ3v) is 2.92. The van der Waals surface area contributed by atoms with E-state index in [1.807, 2.05) is 19.1 Å². The van der Waals surface area contributed by atoms with Crippen LogP contribution in [-0.2, 0) is 23.8 Å². The van der Waals surface area contributed by atoms with Gasteiger partial charge in [0.2, 0.25) is 0 Å². The molecule has 0 saturated carbocycles. The third-order valence-electron chi connectivity index (χ3n) is 2.92. The second kappa shape index (κ2) is 7.79. The van der Waals surface area contributed by atoms with Gasteiger partial charge in [-0.2, -0.15) is 35.9 Å². The van der Waals surface area contributed by atoms with E-state index in [0.717, 1.165) is 6.42 Å². The standard InChI is InChI=1S/C13H9.C5H7.Cr/c1-3-7-12-10(5-1)9-11-6-2-4-8-13(11)12;1-3-5-4-2;/h1-5,7-8H,9H2;1,3-5H,2H3;/q2*-1;+2. The van der Waals surface area contributed by atoms with E-state index >= 15 is 0 Å². The first-order valence-corrected chi connectivity index (χ1v) is 6.11. The largest absolute Gasteiger partial charge is 2.00 e. The van der Waals surface area contributed by atoms with Crippen molar-refractivity contribution in [1.82, 2.24) is 0 Å². The summed E-state index contributed by atoms with van der Waals surface area (Å²) >= 11 is 0. The number of hydrogen-bond donors (Lipinski definition) is 0. The summed E-state index contributed by atoms with van der Waals surface area (Å²) in [6.07, 6.45) is 6.20. The Hall–Kier alpha value is -1.55. The van der Waals surface area contributed by atoms with Gasteiger partial charge in [-0.25, -0.2) is 12.2 Å². The minimum atomic E-state index is 0. The smallest absolute Gasteiger partial charge is 0.293 e. The first-order chi connectivity index (χ1) is 8.86. The molecule has 0 spiro atoms. The van der Waals surface area contributed by atoms with E-state index < -0.39 is 0 Å². The third kappa shape index (κ3) is 3.71. The van der Waals surface area contributed by atoms with Crippen LogP contribution in [0.5, 0.6) is 0 Å². The molecule has 2 aromatic rings. The molecule has 3 rings (SSSR count). The van der Waals surface area contributed by atoms with Crippen molar-refractivity contribution in [2.45, 2.75) is 13.3 Å². The Morgan fingerprint density at radius 2 is 1.84 bits per heavy atom. The van der Waals surface area contributed by atoms with Gasteiger partial charge in [-0.1, -0.05) is 42.3 Å². The monoisotopic (exact) mass is 284 g/mol. The van der Waals surface area contributed by atoms with E-state index in [-0.39, 0.29) is 17.4 Å². The van der Waals surface area contributed by atoms with Crippen LogP contribution in [0.15, 0.2) is 60.7 Å². The second-order valence-electron chi connectivity index (χ2n) is 4.11. The molecule has 0 bridgehead atoms. The summed E-state index contributed by atoms with van der Waals surface area (Å²) < 4.78 is 0. The van der Waals surface area contributed by atoms with Gasteiger partial charge in [-0.05, 0) is 6.42 Å². The summed E-state index contributed by atoms with van der Waals surface area (Å²) in [4.78, 5) is 0. The van der Waals surface area contributed by atoms with E-state index in [9.17, 15) is 0 Å². The normalized spacial score (nSPS) is 10.8. The summed E-state index contributed by atoms with van der Waals surface area (Å²) in [5.74, 6) is 0. The second-order valence-corrected chi connectivity index (χ2v) is 4.11. The van der Waals surface area contributed by atoms with Gasteiger partial charge < -0.3 is 0 Å². The molecule has 2 aromatic carbocycles. The van der Waals surface area contributed by atoms with Crippen LogP contribution in [0.1, 0.15) is 18.1 Å². The van der Waals surface area contributed by atoms with Crippen LogP contribution in [0, 0.1) is 12.6 Å². The average molecular weight is 284 g/mol. The van der Waals surface area contributed by atoms with Crippen molar-refractivity contribution in [2.75, 3.05) is 0 Å². The molecule has 0 aliphatic heterocycles. The van der Waals surface area contributed by atoms with Crippen LogP contribution in [0.25, 0.3) is 11.1 Å². The number of fused-ring (bicyclic) bond motifs is 3. The van der Waals surface area contributed by atoms with Crippen molar-refractivity contribution in [3.63, 3.8) is 0 Å². The molecular formula is C18H16Cr. The molecule has 94 valence electrons. The van der Waals surface area contributed by atoms with Gasteiger partial charge in [0.05, 0.1) is 0 Å². The van der Waals surface area contributed by atoms with E-state index in [1.54, 1.807) is 6.08 Å². The molecule has 19 heavy (non-hydrogen) atoms. The maximum Gasteiger partial charge on any atom is 2.00 e. The zero-order chi connectivity index (χ0) is 12.8. The number of hydrogen-bond acceptors (Lipinski definition) is 0. The van der Waals surface area contributed by atoms with Crippen LogP contribution in [0.3, 0.4) is 0 Å². The van der Waals surface area contributed by atoms with Crippen molar-refractivity contribution >= 4 is 0 Å². The van der Waals surface area contributed by atoms with E-state index in [2.05, 4.69) is 42.5 Å². The topological polar surface area (TPSA) is 0 Å². The van der Waals surface area contributed by atoms with E-state index in [1.165, 1.54) is 28.3 Å². The number of benzene rings is 2. The molecule has 0 nitrogen and oxygen atoms in total. The molecule has 1 heteroatoms. The van der Waals surface area contributed by atoms with Crippen molar-refractivity contribution in [2.24, 2.45) is 0 Å². The van der Waals surface area contributed by atoms with Gasteiger partial charge in [0.1, 0.15) is 0 Å². The number of rotatable bonds is 1. The SMILES string of the molecule is [CH-]=CC=CC.[Cr+2].[c-]1cccc2c1Cc1ccccc1-2. The van der Waals surface area contributed by atoms with Crippen LogP contribution in [0.4, 0.5) is 0 Å². The molecule has 0 aromatic heterocycles. The van der Waals surface area contributed by atoms with Gasteiger partial charge in [0, 0.05) is 0 Å². The summed E-state index contributed by atoms with van der Waals surface area (Å²) in [6, 6.07) is 18.1. The molecule has 0 saturated heterocycles. The van der Waals surface area contributed by atoms with Crippen molar-refractivity contribution < 1.29 is 17.4 Å². The first kappa shape index (κ1) is 15.5.